The molecule has 2 N–H and O–H groups in total. The van der Waals surface area contributed by atoms with Crippen molar-refractivity contribution in [1.29, 1.82) is 0 Å². The summed E-state index contributed by atoms with van der Waals surface area (Å²) in [6.07, 6.45) is 0. The van der Waals surface area contributed by atoms with Crippen LogP contribution in [-0.4, -0.2) is 20.7 Å². The lowest BCUT2D eigenvalue weighted by molar-refractivity contribution is 0.765. The number of rotatable bonds is 3. The summed E-state index contributed by atoms with van der Waals surface area (Å²) in [5.41, 5.74) is 9.06. The Kier molecular flexibility index (Phi) is 5.22. The van der Waals surface area contributed by atoms with E-state index in [2.05, 4.69) is 29.3 Å². The lowest BCUT2D eigenvalue weighted by Crippen LogP contribution is -1.97. The highest BCUT2D eigenvalue weighted by atomic mass is 32.2. The average Bonchev–Trinajstić information content (AvgIpc) is 2.93. The Balaban J connectivity index is 0.000000774. The van der Waals surface area contributed by atoms with Gasteiger partial charge in [-0.05, 0) is 48.2 Å². The molecule has 4 nitrogen and oxygen atoms in total. The van der Waals surface area contributed by atoms with Crippen LogP contribution < -0.4 is 5.73 Å². The third-order valence-corrected chi connectivity index (χ3v) is 3.68. The van der Waals surface area contributed by atoms with E-state index in [1.54, 1.807) is 4.80 Å². The van der Waals surface area contributed by atoms with Crippen LogP contribution in [0, 0.1) is 0 Å². The summed E-state index contributed by atoms with van der Waals surface area (Å²) in [5, 5.41) is 8.88. The summed E-state index contributed by atoms with van der Waals surface area (Å²) in [6, 6.07) is 13.8. The van der Waals surface area contributed by atoms with Crippen molar-refractivity contribution in [2.45, 2.75) is 25.7 Å². The van der Waals surface area contributed by atoms with Crippen LogP contribution in [0.25, 0.3) is 16.7 Å². The Morgan fingerprint density at radius 1 is 1.00 bits per heavy atom. The number of thioether (sulfide) groups is 1. The minimum absolute atomic E-state index is 0.703. The molecule has 3 rings (SSSR count). The molecule has 0 saturated heterocycles. The highest BCUT2D eigenvalue weighted by Crippen LogP contribution is 2.20. The molecule has 0 fully saturated rings. The first-order valence-electron chi connectivity index (χ1n) is 7.12. The predicted octanol–water partition coefficient (Wildman–Crippen LogP) is 4.14. The van der Waals surface area contributed by atoms with E-state index in [0.717, 1.165) is 22.5 Å². The van der Waals surface area contributed by atoms with E-state index in [0.29, 0.717) is 5.69 Å². The van der Waals surface area contributed by atoms with Crippen molar-refractivity contribution in [3.63, 3.8) is 0 Å². The molecule has 110 valence electrons. The number of fused-ring (bicyclic) bond motifs is 1. The highest BCUT2D eigenvalue weighted by molar-refractivity contribution is 7.99. The minimum Gasteiger partial charge on any atom is -0.399 e. The van der Waals surface area contributed by atoms with E-state index in [4.69, 9.17) is 5.73 Å². The molecule has 0 radical (unpaired) electrons. The highest BCUT2D eigenvalue weighted by Gasteiger charge is 2.04. The van der Waals surface area contributed by atoms with Crippen LogP contribution in [0.2, 0.25) is 0 Å². The molecule has 3 aromatic rings. The third-order valence-electron chi connectivity index (χ3n) is 2.78. The summed E-state index contributed by atoms with van der Waals surface area (Å²) >= 11 is 1.82. The van der Waals surface area contributed by atoms with Crippen LogP contribution in [-0.2, 0) is 0 Å². The molecule has 0 amide bonds. The Morgan fingerprint density at radius 2 is 1.67 bits per heavy atom. The molecule has 1 aromatic heterocycles. The Morgan fingerprint density at radius 3 is 2.33 bits per heavy atom. The van der Waals surface area contributed by atoms with E-state index in [1.165, 1.54) is 4.90 Å². The van der Waals surface area contributed by atoms with Crippen molar-refractivity contribution in [3.05, 3.63) is 42.5 Å². The predicted molar refractivity (Wildman–Crippen MR) is 91.0 cm³/mol. The average molecular weight is 300 g/mol. The molecule has 0 aliphatic heterocycles. The molecule has 0 spiro atoms. The van der Waals surface area contributed by atoms with Gasteiger partial charge in [-0.15, -0.1) is 22.0 Å². The molecule has 0 aliphatic carbocycles. The quantitative estimate of drug-likeness (QED) is 0.583. The molecule has 0 saturated carbocycles. The number of aromatic nitrogens is 3. The van der Waals surface area contributed by atoms with Gasteiger partial charge in [0.1, 0.15) is 11.0 Å². The van der Waals surface area contributed by atoms with Crippen molar-refractivity contribution in [2.24, 2.45) is 0 Å². The molecular formula is C16H20N4S. The SMILES string of the molecule is CC.CCSc1ccc(-n2nc3ccc(N)cc3n2)cc1. The lowest BCUT2D eigenvalue weighted by atomic mass is 10.3. The van der Waals surface area contributed by atoms with Crippen molar-refractivity contribution in [1.82, 2.24) is 15.0 Å². The molecule has 2 aromatic carbocycles. The van der Waals surface area contributed by atoms with Gasteiger partial charge < -0.3 is 5.73 Å². The van der Waals surface area contributed by atoms with E-state index in [9.17, 15) is 0 Å². The van der Waals surface area contributed by atoms with Crippen molar-refractivity contribution in [3.8, 4) is 5.69 Å². The van der Waals surface area contributed by atoms with Gasteiger partial charge in [-0.25, -0.2) is 0 Å². The first-order chi connectivity index (χ1) is 10.3. The molecule has 21 heavy (non-hydrogen) atoms. The Bertz CT molecular complexity index is 704. The molecule has 0 unspecified atom stereocenters. The molecule has 0 atom stereocenters. The van der Waals surface area contributed by atoms with Crippen LogP contribution in [0.1, 0.15) is 20.8 Å². The Hall–Kier alpha value is -2.01. The summed E-state index contributed by atoms with van der Waals surface area (Å²) in [6.45, 7) is 6.14. The van der Waals surface area contributed by atoms with E-state index in [-0.39, 0.29) is 0 Å². The van der Waals surface area contributed by atoms with Gasteiger partial charge in [0.15, 0.2) is 0 Å². The van der Waals surface area contributed by atoms with Crippen LogP contribution >= 0.6 is 11.8 Å². The van der Waals surface area contributed by atoms with E-state index < -0.39 is 0 Å². The third kappa shape index (κ3) is 3.55. The minimum atomic E-state index is 0.703. The maximum absolute atomic E-state index is 5.75. The maximum atomic E-state index is 5.75. The summed E-state index contributed by atoms with van der Waals surface area (Å²) in [4.78, 5) is 2.90. The van der Waals surface area contributed by atoms with Gasteiger partial charge in [0, 0.05) is 10.6 Å². The van der Waals surface area contributed by atoms with Crippen molar-refractivity contribution in [2.75, 3.05) is 11.5 Å². The zero-order chi connectivity index (χ0) is 15.2. The van der Waals surface area contributed by atoms with Crippen LogP contribution in [0.3, 0.4) is 0 Å². The zero-order valence-electron chi connectivity index (χ0n) is 12.6. The number of nitrogens with two attached hydrogens (primary N) is 1. The fourth-order valence-electron chi connectivity index (χ4n) is 1.89. The monoisotopic (exact) mass is 300 g/mol. The number of nitrogen functional groups attached to an aromatic ring is 1. The van der Waals surface area contributed by atoms with Gasteiger partial charge in [-0.3, -0.25) is 0 Å². The normalized spacial score (nSPS) is 10.2. The van der Waals surface area contributed by atoms with Gasteiger partial charge in [0.2, 0.25) is 0 Å². The van der Waals surface area contributed by atoms with Gasteiger partial charge >= 0.3 is 0 Å². The largest absolute Gasteiger partial charge is 0.399 e. The van der Waals surface area contributed by atoms with Gasteiger partial charge in [0.05, 0.1) is 5.69 Å². The van der Waals surface area contributed by atoms with Crippen LogP contribution in [0.5, 0.6) is 0 Å². The fraction of sp³-hybridized carbons (Fsp3) is 0.250. The topological polar surface area (TPSA) is 56.7 Å². The Labute approximate surface area is 129 Å². The first-order valence-corrected chi connectivity index (χ1v) is 8.10. The number of benzene rings is 2. The van der Waals surface area contributed by atoms with E-state index >= 15 is 0 Å². The molecule has 1 heterocycles. The zero-order valence-corrected chi connectivity index (χ0v) is 13.4. The second-order valence-electron chi connectivity index (χ2n) is 4.16. The molecule has 0 bridgehead atoms. The van der Waals surface area contributed by atoms with Gasteiger partial charge in [-0.2, -0.15) is 4.80 Å². The first kappa shape index (κ1) is 15.4. The van der Waals surface area contributed by atoms with Crippen LogP contribution in [0.4, 0.5) is 5.69 Å². The number of anilines is 1. The number of nitrogens with zero attached hydrogens (tertiary/aromatic N) is 3. The van der Waals surface area contributed by atoms with E-state index in [1.807, 2.05) is 55.9 Å². The number of hydrogen-bond donors (Lipinski definition) is 1. The lowest BCUT2D eigenvalue weighted by Gasteiger charge is -2.01. The second kappa shape index (κ2) is 7.13. The van der Waals surface area contributed by atoms with Crippen LogP contribution in [0.15, 0.2) is 47.4 Å². The molecular weight excluding hydrogens is 280 g/mol. The molecule has 5 heteroatoms. The molecule has 0 aliphatic rings. The number of hydrogen-bond acceptors (Lipinski definition) is 4. The smallest absolute Gasteiger partial charge is 0.115 e. The maximum Gasteiger partial charge on any atom is 0.115 e. The summed E-state index contributed by atoms with van der Waals surface area (Å²) in [5.74, 6) is 1.07. The summed E-state index contributed by atoms with van der Waals surface area (Å²) < 4.78 is 0. The standard InChI is InChI=1S/C14H14N4S.C2H6/c1-2-19-12-6-4-11(5-7-12)18-16-13-8-3-10(15)9-14(13)17-18;1-2/h3-9H,2,15H2,1H3;1-2H3. The summed E-state index contributed by atoms with van der Waals surface area (Å²) in [7, 11) is 0. The fourth-order valence-corrected chi connectivity index (χ4v) is 2.55. The van der Waals surface area contributed by atoms with Gasteiger partial charge in [0.25, 0.3) is 0 Å². The van der Waals surface area contributed by atoms with Crippen molar-refractivity contribution >= 4 is 28.5 Å². The van der Waals surface area contributed by atoms with Gasteiger partial charge in [-0.1, -0.05) is 20.8 Å². The second-order valence-corrected chi connectivity index (χ2v) is 5.50. The van der Waals surface area contributed by atoms with Crippen molar-refractivity contribution < 1.29 is 0 Å².